The number of hydrogen-bond donors (Lipinski definition) is 0. The molecule has 0 bridgehead atoms. The molecule has 1 nitrogen and oxygen atoms in total. The Morgan fingerprint density at radius 1 is 1.23 bits per heavy atom. The molecule has 1 aromatic carbocycles. The topological polar surface area (TPSA) is 3.24 Å². The first-order chi connectivity index (χ1) is 10.7. The lowest BCUT2D eigenvalue weighted by atomic mass is 9.99. The van der Waals surface area contributed by atoms with Crippen LogP contribution < -0.4 is 0 Å². The van der Waals surface area contributed by atoms with Crippen molar-refractivity contribution < 1.29 is 0 Å². The Balaban J connectivity index is 0.00000116. The summed E-state index contributed by atoms with van der Waals surface area (Å²) in [6, 6.07) is 8.55. The lowest BCUT2D eigenvalue weighted by molar-refractivity contribution is 0.529. The molecule has 0 saturated heterocycles. The molecule has 0 radical (unpaired) electrons. The van der Waals surface area contributed by atoms with Gasteiger partial charge < -0.3 is 4.90 Å². The molecule has 0 spiro atoms. The smallest absolute Gasteiger partial charge is 0.0442 e. The van der Waals surface area contributed by atoms with E-state index in [2.05, 4.69) is 68.4 Å². The number of rotatable bonds is 4. The number of benzene rings is 1. The van der Waals surface area contributed by atoms with Gasteiger partial charge in [-0.3, -0.25) is 0 Å². The Labute approximate surface area is 135 Å². The minimum atomic E-state index is 0.957. The van der Waals surface area contributed by atoms with E-state index in [1.54, 1.807) is 6.08 Å². The fraction of sp³-hybridized carbons (Fsp3) is 0.238. The van der Waals surface area contributed by atoms with Crippen LogP contribution in [0.2, 0.25) is 0 Å². The molecule has 0 aliphatic carbocycles. The number of allylic oxidation sites excluding steroid dienone is 6. The maximum atomic E-state index is 3.87. The molecule has 0 aromatic heterocycles. The van der Waals surface area contributed by atoms with Crippen LogP contribution in [0.5, 0.6) is 0 Å². The molecule has 1 aliphatic heterocycles. The molecule has 1 heterocycles. The van der Waals surface area contributed by atoms with E-state index in [9.17, 15) is 0 Å². The molecule has 116 valence electrons. The van der Waals surface area contributed by atoms with Crippen LogP contribution in [0.25, 0.3) is 11.3 Å². The maximum absolute atomic E-state index is 3.87. The lowest BCUT2D eigenvalue weighted by Crippen LogP contribution is -2.19. The van der Waals surface area contributed by atoms with Crippen molar-refractivity contribution in [1.29, 1.82) is 0 Å². The van der Waals surface area contributed by atoms with E-state index in [1.807, 2.05) is 26.0 Å². The molecule has 0 unspecified atom stereocenters. The second-order valence-electron chi connectivity index (χ2n) is 5.00. The summed E-state index contributed by atoms with van der Waals surface area (Å²) in [5.41, 5.74) is 6.06. The minimum Gasteiger partial charge on any atom is -0.370 e. The lowest BCUT2D eigenvalue weighted by Gasteiger charge is -2.25. The van der Waals surface area contributed by atoms with Gasteiger partial charge in [-0.1, -0.05) is 75.1 Å². The molecule has 0 amide bonds. The van der Waals surface area contributed by atoms with Crippen molar-refractivity contribution in [3.8, 4) is 0 Å². The standard InChI is InChI=1S/C19H21N.C2H6/c1-5-8-16(6-2)17-9-7-10-18(14-17)19-13-15(3)11-12-20(19)4;1-2/h5-11,13-14H,1-2,12H2,3-4H3;1-2H3/b16-8+;. The first kappa shape index (κ1) is 17.8. The van der Waals surface area contributed by atoms with E-state index >= 15 is 0 Å². The molecule has 0 saturated carbocycles. The summed E-state index contributed by atoms with van der Waals surface area (Å²) < 4.78 is 0. The predicted octanol–water partition coefficient (Wildman–Crippen LogP) is 5.70. The second-order valence-corrected chi connectivity index (χ2v) is 5.00. The van der Waals surface area contributed by atoms with E-state index in [0.29, 0.717) is 0 Å². The van der Waals surface area contributed by atoms with Gasteiger partial charge in [0.1, 0.15) is 0 Å². The van der Waals surface area contributed by atoms with Crippen LogP contribution in [-0.4, -0.2) is 18.5 Å². The Morgan fingerprint density at radius 2 is 1.95 bits per heavy atom. The summed E-state index contributed by atoms with van der Waals surface area (Å²) in [6.07, 6.45) is 10.1. The summed E-state index contributed by atoms with van der Waals surface area (Å²) in [4.78, 5) is 2.26. The SMILES string of the molecule is C=C/C=C(\C=C)c1cccc(C2=CC(C)=CCN2C)c1.CC. The fourth-order valence-corrected chi connectivity index (χ4v) is 2.33. The molecule has 1 aromatic rings. The minimum absolute atomic E-state index is 0.957. The summed E-state index contributed by atoms with van der Waals surface area (Å²) in [5.74, 6) is 0. The van der Waals surface area contributed by atoms with Gasteiger partial charge in [-0.2, -0.15) is 0 Å². The third-order valence-corrected chi connectivity index (χ3v) is 3.47. The van der Waals surface area contributed by atoms with Gasteiger partial charge in [-0.25, -0.2) is 0 Å². The zero-order valence-electron chi connectivity index (χ0n) is 14.3. The third-order valence-electron chi connectivity index (χ3n) is 3.47. The third kappa shape index (κ3) is 4.36. The van der Waals surface area contributed by atoms with Crippen LogP contribution in [0.4, 0.5) is 0 Å². The fourth-order valence-electron chi connectivity index (χ4n) is 2.33. The Bertz CT molecular complexity index is 615. The van der Waals surface area contributed by atoms with Crippen molar-refractivity contribution in [1.82, 2.24) is 4.90 Å². The van der Waals surface area contributed by atoms with Crippen LogP contribution in [0, 0.1) is 0 Å². The molecule has 0 fully saturated rings. The Morgan fingerprint density at radius 3 is 2.59 bits per heavy atom. The van der Waals surface area contributed by atoms with Gasteiger partial charge in [-0.05, 0) is 35.8 Å². The van der Waals surface area contributed by atoms with Crippen LogP contribution >= 0.6 is 0 Å². The number of nitrogens with zero attached hydrogens (tertiary/aromatic N) is 1. The Hall–Kier alpha value is -2.28. The van der Waals surface area contributed by atoms with Crippen molar-refractivity contribution in [3.05, 3.63) is 84.5 Å². The van der Waals surface area contributed by atoms with Crippen molar-refractivity contribution in [2.45, 2.75) is 20.8 Å². The average molecular weight is 293 g/mol. The number of hydrogen-bond acceptors (Lipinski definition) is 1. The van der Waals surface area contributed by atoms with Gasteiger partial charge in [0.05, 0.1) is 0 Å². The first-order valence-electron chi connectivity index (χ1n) is 7.81. The van der Waals surface area contributed by atoms with Crippen molar-refractivity contribution in [3.63, 3.8) is 0 Å². The maximum Gasteiger partial charge on any atom is 0.0442 e. The van der Waals surface area contributed by atoms with Gasteiger partial charge in [0.15, 0.2) is 0 Å². The van der Waals surface area contributed by atoms with Gasteiger partial charge in [0, 0.05) is 19.3 Å². The van der Waals surface area contributed by atoms with Crippen molar-refractivity contribution in [2.75, 3.05) is 13.6 Å². The normalized spacial score (nSPS) is 14.4. The summed E-state index contributed by atoms with van der Waals surface area (Å²) in [6.45, 7) is 14.7. The molecular weight excluding hydrogens is 266 g/mol. The molecule has 2 rings (SSSR count). The van der Waals surface area contributed by atoms with E-state index in [-0.39, 0.29) is 0 Å². The van der Waals surface area contributed by atoms with E-state index in [0.717, 1.165) is 12.1 Å². The largest absolute Gasteiger partial charge is 0.370 e. The van der Waals surface area contributed by atoms with Crippen LogP contribution in [0.1, 0.15) is 31.9 Å². The van der Waals surface area contributed by atoms with Crippen LogP contribution in [-0.2, 0) is 0 Å². The molecule has 1 heteroatoms. The van der Waals surface area contributed by atoms with E-state index in [4.69, 9.17) is 0 Å². The Kier molecular flexibility index (Phi) is 7.18. The van der Waals surface area contributed by atoms with E-state index in [1.165, 1.54) is 22.4 Å². The highest BCUT2D eigenvalue weighted by Crippen LogP contribution is 2.26. The van der Waals surface area contributed by atoms with Gasteiger partial charge >= 0.3 is 0 Å². The molecule has 22 heavy (non-hydrogen) atoms. The highest BCUT2D eigenvalue weighted by atomic mass is 15.1. The number of likely N-dealkylation sites (N-methyl/N-ethyl adjacent to an activating group) is 1. The highest BCUT2D eigenvalue weighted by molar-refractivity contribution is 5.78. The molecular formula is C21H27N. The summed E-state index contributed by atoms with van der Waals surface area (Å²) >= 11 is 0. The zero-order valence-corrected chi connectivity index (χ0v) is 14.3. The first-order valence-corrected chi connectivity index (χ1v) is 7.81. The van der Waals surface area contributed by atoms with Crippen molar-refractivity contribution in [2.24, 2.45) is 0 Å². The molecule has 1 aliphatic rings. The van der Waals surface area contributed by atoms with Gasteiger partial charge in [0.2, 0.25) is 0 Å². The van der Waals surface area contributed by atoms with Gasteiger partial charge in [0.25, 0.3) is 0 Å². The van der Waals surface area contributed by atoms with E-state index < -0.39 is 0 Å². The monoisotopic (exact) mass is 293 g/mol. The van der Waals surface area contributed by atoms with Gasteiger partial charge in [-0.15, -0.1) is 0 Å². The molecule has 0 N–H and O–H groups in total. The highest BCUT2D eigenvalue weighted by Gasteiger charge is 2.11. The summed E-state index contributed by atoms with van der Waals surface area (Å²) in [7, 11) is 2.12. The second kappa shape index (κ2) is 8.89. The quantitative estimate of drug-likeness (QED) is 0.643. The average Bonchev–Trinajstić information content (AvgIpc) is 2.57. The molecule has 0 atom stereocenters. The van der Waals surface area contributed by atoms with Crippen LogP contribution in [0.15, 0.2) is 73.4 Å². The zero-order chi connectivity index (χ0) is 16.5. The predicted molar refractivity (Wildman–Crippen MR) is 101 cm³/mol. The van der Waals surface area contributed by atoms with Crippen LogP contribution in [0.3, 0.4) is 0 Å². The van der Waals surface area contributed by atoms with Crippen molar-refractivity contribution >= 4 is 11.3 Å². The summed E-state index contributed by atoms with van der Waals surface area (Å²) in [5, 5.41) is 0.